The SMILES string of the molecule is O=C1CC(C(=O)N2C[C@@H]3[C@H]4CN(C(=O)c5ccc6[nH]nnc6c5)C=C4[C@@H]3C2)Cc2ccccc21. The maximum Gasteiger partial charge on any atom is 0.257 e. The molecule has 4 aliphatic rings. The van der Waals surface area contributed by atoms with E-state index in [9.17, 15) is 14.4 Å². The normalized spacial score (nSPS) is 27.2. The van der Waals surface area contributed by atoms with Crippen molar-refractivity contribution >= 4 is 28.6 Å². The number of fused-ring (bicyclic) bond motifs is 6. The number of hydrogen-bond acceptors (Lipinski definition) is 5. The molecule has 2 aliphatic carbocycles. The van der Waals surface area contributed by atoms with Gasteiger partial charge in [-0.1, -0.05) is 29.5 Å². The van der Waals surface area contributed by atoms with Gasteiger partial charge in [-0.15, -0.1) is 5.10 Å². The van der Waals surface area contributed by atoms with Gasteiger partial charge in [-0.3, -0.25) is 19.5 Å². The van der Waals surface area contributed by atoms with Crippen LogP contribution in [0.25, 0.3) is 11.0 Å². The Morgan fingerprint density at radius 2 is 1.85 bits per heavy atom. The van der Waals surface area contributed by atoms with Crippen LogP contribution in [-0.4, -0.2) is 62.4 Å². The molecule has 3 heterocycles. The Bertz CT molecular complexity index is 1410. The van der Waals surface area contributed by atoms with Gasteiger partial charge >= 0.3 is 0 Å². The molecule has 0 bridgehead atoms. The van der Waals surface area contributed by atoms with Gasteiger partial charge in [0.1, 0.15) is 5.52 Å². The Balaban J connectivity index is 1.05. The summed E-state index contributed by atoms with van der Waals surface area (Å²) in [6.45, 7) is 2.05. The van der Waals surface area contributed by atoms with Crippen molar-refractivity contribution in [1.29, 1.82) is 0 Å². The molecule has 2 fully saturated rings. The Hall–Kier alpha value is -3.81. The number of aromatic nitrogens is 3. The van der Waals surface area contributed by atoms with Crippen molar-refractivity contribution in [2.24, 2.45) is 23.7 Å². The monoisotopic (exact) mass is 453 g/mol. The average molecular weight is 454 g/mol. The highest BCUT2D eigenvalue weighted by Gasteiger charge is 2.55. The first-order valence-corrected chi connectivity index (χ1v) is 11.8. The van der Waals surface area contributed by atoms with Crippen molar-refractivity contribution in [1.82, 2.24) is 25.2 Å². The quantitative estimate of drug-likeness (QED) is 0.643. The van der Waals surface area contributed by atoms with Gasteiger partial charge in [0.05, 0.1) is 5.52 Å². The van der Waals surface area contributed by atoms with E-state index >= 15 is 0 Å². The molecule has 2 aliphatic heterocycles. The summed E-state index contributed by atoms with van der Waals surface area (Å²) in [5, 5.41) is 10.6. The Labute approximate surface area is 195 Å². The molecule has 0 radical (unpaired) electrons. The minimum absolute atomic E-state index is 0.0304. The van der Waals surface area contributed by atoms with Crippen LogP contribution in [0.2, 0.25) is 0 Å². The van der Waals surface area contributed by atoms with Crippen LogP contribution in [0.1, 0.15) is 32.7 Å². The summed E-state index contributed by atoms with van der Waals surface area (Å²) in [6.07, 6.45) is 2.93. The summed E-state index contributed by atoms with van der Waals surface area (Å²) in [6, 6.07) is 13.0. The van der Waals surface area contributed by atoms with E-state index in [4.69, 9.17) is 0 Å². The zero-order chi connectivity index (χ0) is 23.0. The summed E-state index contributed by atoms with van der Waals surface area (Å²) in [5.74, 6) is 0.894. The number of ketones is 1. The minimum atomic E-state index is -0.266. The lowest BCUT2D eigenvalue weighted by atomic mass is 9.64. The van der Waals surface area contributed by atoms with Gasteiger partial charge in [-0.05, 0) is 41.7 Å². The molecule has 1 saturated carbocycles. The van der Waals surface area contributed by atoms with Gasteiger partial charge in [-0.2, -0.15) is 0 Å². The fourth-order valence-corrected chi connectivity index (χ4v) is 6.41. The fraction of sp³-hybridized carbons (Fsp3) is 0.346. The van der Waals surface area contributed by atoms with E-state index in [1.165, 1.54) is 5.57 Å². The van der Waals surface area contributed by atoms with Crippen molar-refractivity contribution in [3.8, 4) is 0 Å². The zero-order valence-electron chi connectivity index (χ0n) is 18.5. The third kappa shape index (κ3) is 2.81. The second-order valence-electron chi connectivity index (χ2n) is 9.94. The first-order chi connectivity index (χ1) is 16.6. The molecule has 34 heavy (non-hydrogen) atoms. The third-order valence-corrected chi connectivity index (χ3v) is 8.15. The van der Waals surface area contributed by atoms with Crippen LogP contribution in [0.5, 0.6) is 0 Å². The second kappa shape index (κ2) is 7.09. The maximum absolute atomic E-state index is 13.3. The Kier molecular flexibility index (Phi) is 4.10. The molecular formula is C26H23N5O3. The van der Waals surface area contributed by atoms with Gasteiger partial charge in [0.15, 0.2) is 5.78 Å². The molecule has 1 saturated heterocycles. The van der Waals surface area contributed by atoms with Gasteiger partial charge in [0, 0.05) is 61.1 Å². The molecule has 7 rings (SSSR count). The smallest absolute Gasteiger partial charge is 0.257 e. The van der Waals surface area contributed by atoms with Crippen LogP contribution in [0.3, 0.4) is 0 Å². The number of nitrogens with one attached hydrogen (secondary N) is 1. The van der Waals surface area contributed by atoms with Gasteiger partial charge < -0.3 is 9.80 Å². The van der Waals surface area contributed by atoms with Crippen LogP contribution in [0.15, 0.2) is 54.2 Å². The third-order valence-electron chi connectivity index (χ3n) is 8.15. The van der Waals surface area contributed by atoms with E-state index in [-0.39, 0.29) is 23.5 Å². The van der Waals surface area contributed by atoms with E-state index in [2.05, 4.69) is 15.4 Å². The van der Waals surface area contributed by atoms with Gasteiger partial charge in [-0.25, -0.2) is 0 Å². The van der Waals surface area contributed by atoms with Crippen LogP contribution in [-0.2, 0) is 11.2 Å². The standard InChI is InChI=1S/C26H23N5O3/c32-24-9-16(7-14-3-1-2-4-17(14)24)26(34)31-12-20-18-10-30(11-19(18)21(20)13-31)25(33)15-5-6-22-23(8-15)28-29-27-22/h1-6,8,10,16,19-21H,7,9,11-13H2,(H,27,28,29)/t16?,19-,20-,21+/m0/s1. The lowest BCUT2D eigenvalue weighted by Gasteiger charge is -2.38. The van der Waals surface area contributed by atoms with Crippen molar-refractivity contribution in [3.05, 3.63) is 70.9 Å². The van der Waals surface area contributed by atoms with E-state index < -0.39 is 0 Å². The van der Waals surface area contributed by atoms with Crippen LogP contribution < -0.4 is 0 Å². The summed E-state index contributed by atoms with van der Waals surface area (Å²) in [5.41, 5.74) is 5.11. The summed E-state index contributed by atoms with van der Waals surface area (Å²) in [4.78, 5) is 42.7. The van der Waals surface area contributed by atoms with Crippen molar-refractivity contribution in [3.63, 3.8) is 0 Å². The maximum atomic E-state index is 13.3. The fourth-order valence-electron chi connectivity index (χ4n) is 6.41. The molecule has 1 aromatic heterocycles. The first kappa shape index (κ1) is 19.6. The highest BCUT2D eigenvalue weighted by molar-refractivity contribution is 6.01. The number of Topliss-reactive ketones (excluding diaryl/α,β-unsaturated/α-hetero) is 1. The highest BCUT2D eigenvalue weighted by atomic mass is 16.2. The summed E-state index contributed by atoms with van der Waals surface area (Å²) >= 11 is 0. The molecule has 2 aromatic carbocycles. The van der Waals surface area contributed by atoms with Crippen molar-refractivity contribution in [2.75, 3.05) is 19.6 Å². The molecule has 170 valence electrons. The number of rotatable bonds is 2. The summed E-state index contributed by atoms with van der Waals surface area (Å²) in [7, 11) is 0. The largest absolute Gasteiger partial charge is 0.342 e. The van der Waals surface area contributed by atoms with Gasteiger partial charge in [0.2, 0.25) is 5.91 Å². The molecule has 2 amide bonds. The number of amides is 2. The topological polar surface area (TPSA) is 99.3 Å². The molecule has 3 aromatic rings. The molecule has 1 N–H and O–H groups in total. The van der Waals surface area contributed by atoms with E-state index in [0.29, 0.717) is 61.3 Å². The molecular weight excluding hydrogens is 430 g/mol. The number of nitrogens with zero attached hydrogens (tertiary/aromatic N) is 4. The number of carbonyl (C=O) groups is 3. The van der Waals surface area contributed by atoms with E-state index in [0.717, 1.165) is 16.6 Å². The van der Waals surface area contributed by atoms with Crippen LogP contribution in [0, 0.1) is 23.7 Å². The van der Waals surface area contributed by atoms with E-state index in [1.54, 1.807) is 12.1 Å². The zero-order valence-corrected chi connectivity index (χ0v) is 18.5. The predicted octanol–water partition coefficient (Wildman–Crippen LogP) is 2.45. The minimum Gasteiger partial charge on any atom is -0.342 e. The number of H-pyrrole nitrogens is 1. The lowest BCUT2D eigenvalue weighted by Crippen LogP contribution is -2.40. The predicted molar refractivity (Wildman–Crippen MR) is 123 cm³/mol. The number of aromatic amines is 1. The molecule has 0 spiro atoms. The van der Waals surface area contributed by atoms with Gasteiger partial charge in [0.25, 0.3) is 5.91 Å². The Morgan fingerprint density at radius 1 is 1.00 bits per heavy atom. The van der Waals surface area contributed by atoms with E-state index in [1.807, 2.05) is 46.3 Å². The van der Waals surface area contributed by atoms with Crippen LogP contribution in [0.4, 0.5) is 0 Å². The van der Waals surface area contributed by atoms with Crippen LogP contribution >= 0.6 is 0 Å². The number of benzene rings is 2. The second-order valence-corrected chi connectivity index (χ2v) is 9.94. The first-order valence-electron chi connectivity index (χ1n) is 11.8. The lowest BCUT2D eigenvalue weighted by molar-refractivity contribution is -0.134. The molecule has 8 heteroatoms. The summed E-state index contributed by atoms with van der Waals surface area (Å²) < 4.78 is 0. The Morgan fingerprint density at radius 3 is 2.76 bits per heavy atom. The number of likely N-dealkylation sites (tertiary alicyclic amines) is 1. The molecule has 1 unspecified atom stereocenters. The van der Waals surface area contributed by atoms with Crippen molar-refractivity contribution < 1.29 is 14.4 Å². The molecule has 8 nitrogen and oxygen atoms in total. The molecule has 4 atom stereocenters. The highest BCUT2D eigenvalue weighted by Crippen LogP contribution is 2.53. The average Bonchev–Trinajstić information content (AvgIpc) is 3.57. The number of carbonyl (C=O) groups excluding carboxylic acids is 3. The van der Waals surface area contributed by atoms with Crippen molar-refractivity contribution in [2.45, 2.75) is 12.8 Å². The number of hydrogen-bond donors (Lipinski definition) is 1.